The molecule has 37 heavy (non-hydrogen) atoms. The first-order valence-corrected chi connectivity index (χ1v) is 14.0. The van der Waals surface area contributed by atoms with E-state index in [1.807, 2.05) is 13.8 Å². The first-order chi connectivity index (χ1) is 17.0. The second kappa shape index (κ2) is 12.4. The van der Waals surface area contributed by atoms with Crippen LogP contribution in [0.3, 0.4) is 0 Å². The summed E-state index contributed by atoms with van der Waals surface area (Å²) >= 11 is 0. The van der Waals surface area contributed by atoms with Crippen molar-refractivity contribution < 1.29 is 42.0 Å². The Labute approximate surface area is 217 Å². The lowest BCUT2D eigenvalue weighted by Crippen LogP contribution is -2.57. The zero-order valence-electron chi connectivity index (χ0n) is 22.0. The second-order valence-electron chi connectivity index (χ2n) is 11.1. The molecule has 2 heterocycles. The SMILES string of the molecule is CC(C)C[C@H](NC(=O)OC(C)(C)C)C(=O)N1CCC[C@H]1C(=O)N[C@@H](C[C@@H]1CCNC1=O)C(O)S(=O)(=O)O. The van der Waals surface area contributed by atoms with Gasteiger partial charge < -0.3 is 30.7 Å². The van der Waals surface area contributed by atoms with Crippen LogP contribution < -0.4 is 16.0 Å². The summed E-state index contributed by atoms with van der Waals surface area (Å²) in [5.41, 5.74) is -3.12. The predicted molar refractivity (Wildman–Crippen MR) is 133 cm³/mol. The van der Waals surface area contributed by atoms with Crippen LogP contribution in [0.15, 0.2) is 0 Å². The molecule has 0 spiro atoms. The Bertz CT molecular complexity index is 964. The minimum absolute atomic E-state index is 0.0330. The monoisotopic (exact) mass is 548 g/mol. The molecule has 2 rings (SSSR count). The van der Waals surface area contributed by atoms with Gasteiger partial charge in [0.1, 0.15) is 17.7 Å². The third-order valence-electron chi connectivity index (χ3n) is 6.21. The number of amides is 4. The molecule has 5 N–H and O–H groups in total. The number of alkyl carbamates (subject to hydrolysis) is 1. The van der Waals surface area contributed by atoms with Gasteiger partial charge in [-0.15, -0.1) is 0 Å². The van der Waals surface area contributed by atoms with Gasteiger partial charge in [0.05, 0.1) is 6.04 Å². The van der Waals surface area contributed by atoms with E-state index < -0.39 is 63.1 Å². The molecule has 0 bridgehead atoms. The summed E-state index contributed by atoms with van der Waals surface area (Å²) < 4.78 is 37.9. The van der Waals surface area contributed by atoms with Crippen molar-refractivity contribution in [1.29, 1.82) is 0 Å². The van der Waals surface area contributed by atoms with Crippen LogP contribution in [0, 0.1) is 11.8 Å². The number of nitrogens with zero attached hydrogens (tertiary/aromatic N) is 1. The van der Waals surface area contributed by atoms with Gasteiger partial charge in [0, 0.05) is 19.0 Å². The molecule has 212 valence electrons. The predicted octanol–water partition coefficient (Wildman–Crippen LogP) is 0.134. The number of aliphatic hydroxyl groups is 1. The van der Waals surface area contributed by atoms with E-state index in [4.69, 9.17) is 4.74 Å². The van der Waals surface area contributed by atoms with Crippen LogP contribution in [0.25, 0.3) is 0 Å². The third-order valence-corrected chi connectivity index (χ3v) is 7.15. The van der Waals surface area contributed by atoms with Gasteiger partial charge in [-0.25, -0.2) is 4.79 Å². The molecule has 13 nitrogen and oxygen atoms in total. The highest BCUT2D eigenvalue weighted by Crippen LogP contribution is 2.23. The normalized spacial score (nSPS) is 22.8. The molecule has 0 saturated carbocycles. The number of aliphatic hydroxyl groups excluding tert-OH is 1. The number of nitrogens with one attached hydrogen (secondary N) is 3. The maximum atomic E-state index is 13.4. The third kappa shape index (κ3) is 9.11. The van der Waals surface area contributed by atoms with Gasteiger partial charge in [-0.05, 0) is 58.8 Å². The molecule has 2 fully saturated rings. The topological polar surface area (TPSA) is 191 Å². The maximum Gasteiger partial charge on any atom is 0.408 e. The van der Waals surface area contributed by atoms with E-state index in [0.717, 1.165) is 0 Å². The van der Waals surface area contributed by atoms with Gasteiger partial charge in [0.15, 0.2) is 0 Å². The van der Waals surface area contributed by atoms with E-state index in [-0.39, 0.29) is 31.2 Å². The van der Waals surface area contributed by atoms with Crippen molar-refractivity contribution in [2.75, 3.05) is 13.1 Å². The molecule has 2 aliphatic rings. The quantitative estimate of drug-likeness (QED) is 0.236. The first-order valence-electron chi connectivity index (χ1n) is 12.5. The minimum atomic E-state index is -4.95. The summed E-state index contributed by atoms with van der Waals surface area (Å²) in [6.45, 7) is 9.45. The fraction of sp³-hybridized carbons (Fsp3) is 0.826. The van der Waals surface area contributed by atoms with Crippen LogP contribution in [0.1, 0.15) is 66.7 Å². The lowest BCUT2D eigenvalue weighted by Gasteiger charge is -2.31. The average molecular weight is 549 g/mol. The maximum absolute atomic E-state index is 13.4. The second-order valence-corrected chi connectivity index (χ2v) is 12.6. The highest BCUT2D eigenvalue weighted by Gasteiger charge is 2.42. The smallest absolute Gasteiger partial charge is 0.408 e. The van der Waals surface area contributed by atoms with E-state index in [9.17, 15) is 37.3 Å². The van der Waals surface area contributed by atoms with Gasteiger partial charge in [0.25, 0.3) is 10.1 Å². The number of hydrogen-bond donors (Lipinski definition) is 5. The molecular formula is C23H40N4O9S. The molecule has 4 amide bonds. The zero-order chi connectivity index (χ0) is 28.1. The highest BCUT2D eigenvalue weighted by molar-refractivity contribution is 7.86. The lowest BCUT2D eigenvalue weighted by atomic mass is 9.98. The Balaban J connectivity index is 2.19. The number of carbonyl (C=O) groups is 4. The Morgan fingerprint density at radius 3 is 2.35 bits per heavy atom. The molecule has 1 unspecified atom stereocenters. The fourth-order valence-corrected chi connectivity index (χ4v) is 5.15. The summed E-state index contributed by atoms with van der Waals surface area (Å²) in [7, 11) is -4.95. The molecule has 14 heteroatoms. The fourth-order valence-electron chi connectivity index (χ4n) is 4.56. The largest absolute Gasteiger partial charge is 0.444 e. The van der Waals surface area contributed by atoms with Crippen molar-refractivity contribution in [3.8, 4) is 0 Å². The molecule has 0 aromatic rings. The summed E-state index contributed by atoms with van der Waals surface area (Å²) in [6.07, 6.45) is 0.458. The molecular weight excluding hydrogens is 508 g/mol. The van der Waals surface area contributed by atoms with Gasteiger partial charge >= 0.3 is 6.09 Å². The summed E-state index contributed by atoms with van der Waals surface area (Å²) in [4.78, 5) is 52.3. The van der Waals surface area contributed by atoms with Crippen molar-refractivity contribution in [3.63, 3.8) is 0 Å². The van der Waals surface area contributed by atoms with Crippen LogP contribution in [0.5, 0.6) is 0 Å². The summed E-state index contributed by atoms with van der Waals surface area (Å²) in [6, 6.07) is -3.42. The van der Waals surface area contributed by atoms with Crippen LogP contribution in [-0.2, 0) is 29.2 Å². The van der Waals surface area contributed by atoms with Crippen LogP contribution in [0.4, 0.5) is 4.79 Å². The van der Waals surface area contributed by atoms with Crippen LogP contribution in [-0.4, -0.2) is 89.0 Å². The molecule has 5 atom stereocenters. The van der Waals surface area contributed by atoms with E-state index in [1.54, 1.807) is 20.8 Å². The standard InChI is InChI=1S/C23H40N4O9S/c1-13(2)11-15(26-22(32)36-23(3,4)5)20(30)27-10-6-7-17(27)19(29)25-16(21(31)37(33,34)35)12-14-8-9-24-18(14)28/h13-17,21,31H,6-12H2,1-5H3,(H,24,28)(H,25,29)(H,26,32)(H,33,34,35)/t14-,15-,16-,17-,21?/m0/s1. The molecule has 0 aromatic heterocycles. The van der Waals surface area contributed by atoms with Gasteiger partial charge in [0.2, 0.25) is 23.2 Å². The van der Waals surface area contributed by atoms with Crippen molar-refractivity contribution in [2.45, 2.75) is 95.9 Å². The summed E-state index contributed by atoms with van der Waals surface area (Å²) in [5, 5.41) is 17.8. The van der Waals surface area contributed by atoms with Crippen molar-refractivity contribution in [3.05, 3.63) is 0 Å². The van der Waals surface area contributed by atoms with Gasteiger partial charge in [-0.1, -0.05) is 13.8 Å². The molecule has 0 aliphatic carbocycles. The number of carbonyl (C=O) groups excluding carboxylic acids is 4. The molecule has 0 aromatic carbocycles. The van der Waals surface area contributed by atoms with Gasteiger partial charge in [-0.3, -0.25) is 18.9 Å². The van der Waals surface area contributed by atoms with E-state index in [1.165, 1.54) is 4.90 Å². The van der Waals surface area contributed by atoms with Crippen LogP contribution >= 0.6 is 0 Å². The number of ether oxygens (including phenoxy) is 1. The average Bonchev–Trinajstić information content (AvgIpc) is 3.38. The van der Waals surface area contributed by atoms with Crippen molar-refractivity contribution in [1.82, 2.24) is 20.9 Å². The minimum Gasteiger partial charge on any atom is -0.444 e. The first kappa shape index (κ1) is 30.8. The number of hydrogen-bond acceptors (Lipinski definition) is 8. The number of rotatable bonds is 10. The highest BCUT2D eigenvalue weighted by atomic mass is 32.2. The van der Waals surface area contributed by atoms with Crippen LogP contribution in [0.2, 0.25) is 0 Å². The van der Waals surface area contributed by atoms with E-state index >= 15 is 0 Å². The Kier molecular flexibility index (Phi) is 10.3. The van der Waals surface area contributed by atoms with E-state index in [2.05, 4.69) is 16.0 Å². The van der Waals surface area contributed by atoms with Gasteiger partial charge in [-0.2, -0.15) is 8.42 Å². The molecule has 2 aliphatic heterocycles. The van der Waals surface area contributed by atoms with Crippen molar-refractivity contribution >= 4 is 33.9 Å². The lowest BCUT2D eigenvalue weighted by molar-refractivity contribution is -0.140. The zero-order valence-corrected chi connectivity index (χ0v) is 22.8. The van der Waals surface area contributed by atoms with Crippen molar-refractivity contribution in [2.24, 2.45) is 11.8 Å². The summed E-state index contributed by atoms with van der Waals surface area (Å²) in [5.74, 6) is -2.18. The number of likely N-dealkylation sites (tertiary alicyclic amines) is 1. The molecule has 0 radical (unpaired) electrons. The van der Waals surface area contributed by atoms with E-state index in [0.29, 0.717) is 25.8 Å². The Morgan fingerprint density at radius 1 is 1.19 bits per heavy atom. The Morgan fingerprint density at radius 2 is 1.84 bits per heavy atom. The Hall–Kier alpha value is -2.45. The molecule has 2 saturated heterocycles.